The van der Waals surface area contributed by atoms with Crippen LogP contribution in [0.25, 0.3) is 11.2 Å². The fraction of sp³-hybridized carbons (Fsp3) is 0.381. The lowest BCUT2D eigenvalue weighted by atomic mass is 10.0. The van der Waals surface area contributed by atoms with Crippen LogP contribution < -0.4 is 9.47 Å². The number of hydrogen-bond donors (Lipinski definition) is 0. The van der Waals surface area contributed by atoms with Crippen molar-refractivity contribution in [2.45, 2.75) is 12.8 Å². The van der Waals surface area contributed by atoms with E-state index in [0.717, 1.165) is 42.9 Å². The summed E-state index contributed by atoms with van der Waals surface area (Å²) in [5, 5.41) is 0. The van der Waals surface area contributed by atoms with Gasteiger partial charge in [-0.3, -0.25) is 4.79 Å². The number of aromatic nitrogens is 3. The van der Waals surface area contributed by atoms with Crippen molar-refractivity contribution in [3.05, 3.63) is 47.9 Å². The molecule has 1 amide bonds. The number of carbonyl (C=O) groups is 1. The van der Waals surface area contributed by atoms with Crippen LogP contribution in [0.2, 0.25) is 0 Å². The van der Waals surface area contributed by atoms with E-state index in [4.69, 9.17) is 14.5 Å². The summed E-state index contributed by atoms with van der Waals surface area (Å²) in [6.45, 7) is 1.46. The zero-order valence-electron chi connectivity index (χ0n) is 16.4. The number of nitrogens with zero attached hydrogens (tertiary/aromatic N) is 4. The summed E-state index contributed by atoms with van der Waals surface area (Å²) in [7, 11) is 5.17. The molecule has 7 heteroatoms. The van der Waals surface area contributed by atoms with Crippen LogP contribution in [-0.2, 0) is 13.5 Å². The minimum atomic E-state index is 0.00590. The summed E-state index contributed by atoms with van der Waals surface area (Å²) in [4.78, 5) is 24.0. The van der Waals surface area contributed by atoms with Gasteiger partial charge in [-0.2, -0.15) is 0 Å². The van der Waals surface area contributed by atoms with Crippen LogP contribution in [0.5, 0.6) is 11.5 Å². The second kappa shape index (κ2) is 7.50. The van der Waals surface area contributed by atoms with Gasteiger partial charge in [0.15, 0.2) is 5.65 Å². The number of methoxy groups -OCH3 is 2. The standard InChI is InChI=1S/C21H24N4O3/c1-24-19(23-18-5-4-7-22-20(18)24)9-14-6-8-25(13-14)21(26)15-10-16(27-2)12-17(11-15)28-3/h4-5,7,10-12,14H,6,8-9,13H2,1-3H3. The highest BCUT2D eigenvalue weighted by molar-refractivity contribution is 5.95. The molecule has 3 aromatic rings. The number of benzene rings is 1. The Labute approximate surface area is 163 Å². The molecule has 1 saturated heterocycles. The van der Waals surface area contributed by atoms with Crippen molar-refractivity contribution in [2.24, 2.45) is 13.0 Å². The Morgan fingerprint density at radius 1 is 1.21 bits per heavy atom. The van der Waals surface area contributed by atoms with Gasteiger partial charge in [-0.05, 0) is 36.6 Å². The van der Waals surface area contributed by atoms with Gasteiger partial charge in [0.05, 0.1) is 14.2 Å². The van der Waals surface area contributed by atoms with Gasteiger partial charge in [0, 0.05) is 44.4 Å². The normalized spacial score (nSPS) is 16.5. The van der Waals surface area contributed by atoms with E-state index in [2.05, 4.69) is 4.98 Å². The highest BCUT2D eigenvalue weighted by Gasteiger charge is 2.28. The number of ether oxygens (including phenoxy) is 2. The van der Waals surface area contributed by atoms with Gasteiger partial charge in [0.1, 0.15) is 22.8 Å². The first-order valence-electron chi connectivity index (χ1n) is 9.37. The molecule has 1 unspecified atom stereocenters. The third-order valence-corrected chi connectivity index (χ3v) is 5.36. The Morgan fingerprint density at radius 2 is 1.96 bits per heavy atom. The average Bonchev–Trinajstić information content (AvgIpc) is 3.32. The minimum Gasteiger partial charge on any atom is -0.497 e. The van der Waals surface area contributed by atoms with E-state index in [1.807, 2.05) is 28.6 Å². The van der Waals surface area contributed by atoms with Crippen molar-refractivity contribution in [3.63, 3.8) is 0 Å². The third kappa shape index (κ3) is 3.40. The second-order valence-electron chi connectivity index (χ2n) is 7.14. The molecule has 1 aromatic carbocycles. The number of imidazole rings is 1. The Hall–Kier alpha value is -3.09. The van der Waals surface area contributed by atoms with Crippen LogP contribution in [0.15, 0.2) is 36.5 Å². The van der Waals surface area contributed by atoms with Gasteiger partial charge in [-0.15, -0.1) is 0 Å². The number of likely N-dealkylation sites (tertiary alicyclic amines) is 1. The van der Waals surface area contributed by atoms with E-state index in [1.54, 1.807) is 38.6 Å². The fourth-order valence-corrected chi connectivity index (χ4v) is 3.81. The number of pyridine rings is 1. The Kier molecular flexibility index (Phi) is 4.90. The SMILES string of the molecule is COc1cc(OC)cc(C(=O)N2CCC(Cc3nc4cccnc4n3C)C2)c1. The van der Waals surface area contributed by atoms with Crippen LogP contribution in [-0.4, -0.2) is 52.7 Å². The van der Waals surface area contributed by atoms with Crippen molar-refractivity contribution in [2.75, 3.05) is 27.3 Å². The topological polar surface area (TPSA) is 69.5 Å². The minimum absolute atomic E-state index is 0.00590. The van der Waals surface area contributed by atoms with E-state index < -0.39 is 0 Å². The van der Waals surface area contributed by atoms with Gasteiger partial charge >= 0.3 is 0 Å². The molecular formula is C21H24N4O3. The molecule has 0 spiro atoms. The lowest BCUT2D eigenvalue weighted by molar-refractivity contribution is 0.0786. The average molecular weight is 380 g/mol. The molecule has 0 N–H and O–H groups in total. The van der Waals surface area contributed by atoms with Crippen molar-refractivity contribution >= 4 is 17.1 Å². The van der Waals surface area contributed by atoms with Gasteiger partial charge in [0.25, 0.3) is 5.91 Å². The summed E-state index contributed by atoms with van der Waals surface area (Å²) in [5.41, 5.74) is 2.39. The number of fused-ring (bicyclic) bond motifs is 1. The molecule has 1 aliphatic rings. The van der Waals surface area contributed by atoms with Crippen LogP contribution in [0.3, 0.4) is 0 Å². The molecule has 0 saturated carbocycles. The molecule has 1 aliphatic heterocycles. The highest BCUT2D eigenvalue weighted by atomic mass is 16.5. The third-order valence-electron chi connectivity index (χ3n) is 5.36. The summed E-state index contributed by atoms with van der Waals surface area (Å²) in [6, 6.07) is 9.16. The lowest BCUT2D eigenvalue weighted by Crippen LogP contribution is -2.29. The quantitative estimate of drug-likeness (QED) is 0.681. The van der Waals surface area contributed by atoms with E-state index in [0.29, 0.717) is 23.0 Å². The first-order chi connectivity index (χ1) is 13.6. The van der Waals surface area contributed by atoms with Gasteiger partial charge in [-0.1, -0.05) is 0 Å². The molecule has 0 aliphatic carbocycles. The maximum atomic E-state index is 13.0. The fourth-order valence-electron chi connectivity index (χ4n) is 3.81. The maximum Gasteiger partial charge on any atom is 0.254 e. The van der Waals surface area contributed by atoms with Gasteiger partial charge in [-0.25, -0.2) is 9.97 Å². The zero-order chi connectivity index (χ0) is 19.7. The van der Waals surface area contributed by atoms with E-state index in [1.165, 1.54) is 0 Å². The molecule has 7 nitrogen and oxygen atoms in total. The summed E-state index contributed by atoms with van der Waals surface area (Å²) in [6.07, 6.45) is 3.58. The molecule has 146 valence electrons. The number of hydrogen-bond acceptors (Lipinski definition) is 5. The van der Waals surface area contributed by atoms with Crippen LogP contribution >= 0.6 is 0 Å². The first-order valence-corrected chi connectivity index (χ1v) is 9.37. The summed E-state index contributed by atoms with van der Waals surface area (Å²) in [5.74, 6) is 2.63. The summed E-state index contributed by atoms with van der Waals surface area (Å²) < 4.78 is 12.6. The van der Waals surface area contributed by atoms with Crippen LogP contribution in [0.4, 0.5) is 0 Å². The predicted octanol–water partition coefficient (Wildman–Crippen LogP) is 2.69. The van der Waals surface area contributed by atoms with Crippen molar-refractivity contribution in [1.29, 1.82) is 0 Å². The molecule has 0 bridgehead atoms. The smallest absolute Gasteiger partial charge is 0.254 e. The molecule has 0 radical (unpaired) electrons. The zero-order valence-corrected chi connectivity index (χ0v) is 16.4. The molecular weight excluding hydrogens is 356 g/mol. The largest absolute Gasteiger partial charge is 0.497 e. The Morgan fingerprint density at radius 3 is 2.64 bits per heavy atom. The number of aryl methyl sites for hydroxylation is 1. The van der Waals surface area contributed by atoms with Crippen LogP contribution in [0.1, 0.15) is 22.6 Å². The first kappa shape index (κ1) is 18.3. The Bertz CT molecular complexity index is 992. The number of carbonyl (C=O) groups excluding carboxylic acids is 1. The van der Waals surface area contributed by atoms with Crippen molar-refractivity contribution < 1.29 is 14.3 Å². The van der Waals surface area contributed by atoms with Crippen molar-refractivity contribution in [3.8, 4) is 11.5 Å². The Balaban J connectivity index is 1.48. The molecule has 3 heterocycles. The van der Waals surface area contributed by atoms with Crippen LogP contribution in [0, 0.1) is 5.92 Å². The lowest BCUT2D eigenvalue weighted by Gasteiger charge is -2.17. The monoisotopic (exact) mass is 380 g/mol. The number of amides is 1. The summed E-state index contributed by atoms with van der Waals surface area (Å²) >= 11 is 0. The molecule has 28 heavy (non-hydrogen) atoms. The maximum absolute atomic E-state index is 13.0. The van der Waals surface area contributed by atoms with E-state index in [9.17, 15) is 4.79 Å². The second-order valence-corrected chi connectivity index (χ2v) is 7.14. The van der Waals surface area contributed by atoms with Crippen molar-refractivity contribution in [1.82, 2.24) is 19.4 Å². The van der Waals surface area contributed by atoms with Gasteiger partial charge < -0.3 is 18.9 Å². The molecule has 1 atom stereocenters. The number of rotatable bonds is 5. The molecule has 4 rings (SSSR count). The van der Waals surface area contributed by atoms with E-state index >= 15 is 0 Å². The van der Waals surface area contributed by atoms with E-state index in [-0.39, 0.29) is 5.91 Å². The molecule has 1 fully saturated rings. The molecule has 2 aromatic heterocycles. The highest BCUT2D eigenvalue weighted by Crippen LogP contribution is 2.27. The predicted molar refractivity (Wildman–Crippen MR) is 106 cm³/mol. The van der Waals surface area contributed by atoms with Gasteiger partial charge in [0.2, 0.25) is 0 Å².